The zero-order valence-electron chi connectivity index (χ0n) is 19.9. The highest BCUT2D eigenvalue weighted by Gasteiger charge is 2.29. The lowest BCUT2D eigenvalue weighted by atomic mass is 10.1. The molecular weight excluding hydrogens is 488 g/mol. The van der Waals surface area contributed by atoms with Gasteiger partial charge in [-0.15, -0.1) is 10.2 Å². The SMILES string of the molecule is CCCN(Cc1nnc(-c2ccccc2Cl)o1)C(=O)c1ccc(C)c(S(=O)(=O)N2CCCCC2)c1. The van der Waals surface area contributed by atoms with E-state index < -0.39 is 10.0 Å². The molecule has 0 unspecified atom stereocenters. The molecule has 1 aliphatic heterocycles. The Morgan fingerprint density at radius 3 is 2.57 bits per heavy atom. The Balaban J connectivity index is 1.58. The largest absolute Gasteiger partial charge is 0.419 e. The van der Waals surface area contributed by atoms with Crippen LogP contribution in [0.5, 0.6) is 0 Å². The summed E-state index contributed by atoms with van der Waals surface area (Å²) in [6, 6.07) is 12.0. The van der Waals surface area contributed by atoms with Gasteiger partial charge in [-0.05, 0) is 56.0 Å². The van der Waals surface area contributed by atoms with E-state index in [0.717, 1.165) is 19.3 Å². The Labute approximate surface area is 211 Å². The second kappa shape index (κ2) is 10.9. The van der Waals surface area contributed by atoms with E-state index in [1.807, 2.05) is 19.1 Å². The Morgan fingerprint density at radius 2 is 1.86 bits per heavy atom. The van der Waals surface area contributed by atoms with Crippen LogP contribution >= 0.6 is 11.6 Å². The summed E-state index contributed by atoms with van der Waals surface area (Å²) in [6.45, 7) is 5.28. The minimum absolute atomic E-state index is 0.103. The lowest BCUT2D eigenvalue weighted by molar-refractivity contribution is 0.0728. The van der Waals surface area contributed by atoms with E-state index in [0.29, 0.717) is 47.8 Å². The molecule has 4 rings (SSSR count). The fraction of sp³-hybridized carbons (Fsp3) is 0.400. The van der Waals surface area contributed by atoms with Crippen molar-refractivity contribution in [2.45, 2.75) is 51.0 Å². The molecule has 8 nitrogen and oxygen atoms in total. The fourth-order valence-electron chi connectivity index (χ4n) is 4.18. The lowest BCUT2D eigenvalue weighted by Gasteiger charge is -2.27. The molecule has 186 valence electrons. The van der Waals surface area contributed by atoms with Crippen LogP contribution in [-0.4, -0.2) is 53.4 Å². The van der Waals surface area contributed by atoms with Crippen molar-refractivity contribution in [1.29, 1.82) is 0 Å². The molecule has 35 heavy (non-hydrogen) atoms. The van der Waals surface area contributed by atoms with Crippen molar-refractivity contribution in [1.82, 2.24) is 19.4 Å². The Morgan fingerprint density at radius 1 is 1.11 bits per heavy atom. The summed E-state index contributed by atoms with van der Waals surface area (Å²) < 4.78 is 33.9. The minimum atomic E-state index is -3.67. The van der Waals surface area contributed by atoms with E-state index in [1.165, 1.54) is 10.4 Å². The van der Waals surface area contributed by atoms with Gasteiger partial charge < -0.3 is 9.32 Å². The molecule has 0 bridgehead atoms. The van der Waals surface area contributed by atoms with Crippen LogP contribution in [0.15, 0.2) is 51.8 Å². The van der Waals surface area contributed by atoms with Gasteiger partial charge in [-0.1, -0.05) is 43.1 Å². The third kappa shape index (κ3) is 5.58. The normalized spacial score (nSPS) is 14.7. The zero-order valence-corrected chi connectivity index (χ0v) is 21.5. The summed E-state index contributed by atoms with van der Waals surface area (Å²) in [5.41, 5.74) is 1.55. The van der Waals surface area contributed by atoms with Crippen molar-refractivity contribution < 1.29 is 17.6 Å². The maximum absolute atomic E-state index is 13.4. The smallest absolute Gasteiger partial charge is 0.254 e. The van der Waals surface area contributed by atoms with Crippen molar-refractivity contribution in [2.75, 3.05) is 19.6 Å². The van der Waals surface area contributed by atoms with Crippen molar-refractivity contribution in [3.8, 4) is 11.5 Å². The molecule has 2 heterocycles. The maximum Gasteiger partial charge on any atom is 0.254 e. The lowest BCUT2D eigenvalue weighted by Crippen LogP contribution is -2.36. The van der Waals surface area contributed by atoms with E-state index in [-0.39, 0.29) is 29.1 Å². The zero-order chi connectivity index (χ0) is 25.0. The van der Waals surface area contributed by atoms with Crippen LogP contribution in [0.2, 0.25) is 5.02 Å². The van der Waals surface area contributed by atoms with Gasteiger partial charge >= 0.3 is 0 Å². The molecule has 1 amide bonds. The van der Waals surface area contributed by atoms with Gasteiger partial charge in [-0.25, -0.2) is 8.42 Å². The third-order valence-corrected chi connectivity index (χ3v) is 8.42. The molecule has 1 fully saturated rings. The molecule has 0 atom stereocenters. The average Bonchev–Trinajstić information content (AvgIpc) is 3.32. The molecule has 0 radical (unpaired) electrons. The molecule has 0 N–H and O–H groups in total. The van der Waals surface area contributed by atoms with Gasteiger partial charge in [0.2, 0.25) is 21.8 Å². The first-order chi connectivity index (χ1) is 16.8. The van der Waals surface area contributed by atoms with Crippen LogP contribution in [0.1, 0.15) is 54.4 Å². The van der Waals surface area contributed by atoms with E-state index in [4.69, 9.17) is 16.0 Å². The molecule has 2 aromatic carbocycles. The van der Waals surface area contributed by atoms with Gasteiger partial charge in [-0.2, -0.15) is 4.31 Å². The topological polar surface area (TPSA) is 96.6 Å². The first-order valence-electron chi connectivity index (χ1n) is 11.8. The van der Waals surface area contributed by atoms with E-state index in [2.05, 4.69) is 10.2 Å². The van der Waals surface area contributed by atoms with Crippen molar-refractivity contribution in [3.05, 3.63) is 64.5 Å². The molecule has 1 aliphatic rings. The Hall–Kier alpha value is -2.75. The third-order valence-electron chi connectivity index (χ3n) is 6.05. The number of hydrogen-bond acceptors (Lipinski definition) is 6. The summed E-state index contributed by atoms with van der Waals surface area (Å²) in [7, 11) is -3.67. The minimum Gasteiger partial charge on any atom is -0.419 e. The first kappa shape index (κ1) is 25.3. The van der Waals surface area contributed by atoms with Gasteiger partial charge in [0, 0.05) is 25.2 Å². The number of piperidine rings is 1. The molecule has 3 aromatic rings. The first-order valence-corrected chi connectivity index (χ1v) is 13.6. The highest BCUT2D eigenvalue weighted by atomic mass is 35.5. The van der Waals surface area contributed by atoms with Crippen LogP contribution in [0.4, 0.5) is 0 Å². The van der Waals surface area contributed by atoms with Gasteiger partial charge in [0.1, 0.15) is 0 Å². The van der Waals surface area contributed by atoms with Crippen LogP contribution in [0, 0.1) is 6.92 Å². The molecule has 10 heteroatoms. The Kier molecular flexibility index (Phi) is 7.88. The number of amides is 1. The number of rotatable bonds is 8. The standard InChI is InChI=1S/C25H29ClN4O4S/c1-3-13-29(17-23-27-28-24(34-23)20-9-5-6-10-21(20)26)25(31)19-12-11-18(2)22(16-19)35(32,33)30-14-7-4-8-15-30/h5-6,9-12,16H,3-4,7-8,13-15,17H2,1-2H3. The molecule has 0 spiro atoms. The summed E-state index contributed by atoms with van der Waals surface area (Å²) >= 11 is 6.23. The molecule has 1 aromatic heterocycles. The number of aryl methyl sites for hydroxylation is 1. The number of aromatic nitrogens is 2. The Bertz CT molecular complexity index is 1300. The predicted molar refractivity (Wildman–Crippen MR) is 134 cm³/mol. The monoisotopic (exact) mass is 516 g/mol. The summed E-state index contributed by atoms with van der Waals surface area (Å²) in [6.07, 6.45) is 3.44. The van der Waals surface area contributed by atoms with Gasteiger partial charge in [-0.3, -0.25) is 4.79 Å². The number of halogens is 1. The van der Waals surface area contributed by atoms with Crippen LogP contribution in [0.3, 0.4) is 0 Å². The van der Waals surface area contributed by atoms with E-state index >= 15 is 0 Å². The van der Waals surface area contributed by atoms with Crippen LogP contribution in [0.25, 0.3) is 11.5 Å². The maximum atomic E-state index is 13.4. The number of hydrogen-bond donors (Lipinski definition) is 0. The van der Waals surface area contributed by atoms with Gasteiger partial charge in [0.25, 0.3) is 5.91 Å². The molecular formula is C25H29ClN4O4S. The molecule has 0 saturated carbocycles. The van der Waals surface area contributed by atoms with Crippen molar-refractivity contribution in [3.63, 3.8) is 0 Å². The molecule has 0 aliphatic carbocycles. The second-order valence-electron chi connectivity index (χ2n) is 8.65. The highest BCUT2D eigenvalue weighted by molar-refractivity contribution is 7.89. The van der Waals surface area contributed by atoms with Crippen LogP contribution in [-0.2, 0) is 16.6 Å². The highest BCUT2D eigenvalue weighted by Crippen LogP contribution is 2.27. The summed E-state index contributed by atoms with van der Waals surface area (Å²) in [5, 5.41) is 8.66. The van der Waals surface area contributed by atoms with Gasteiger partial charge in [0.15, 0.2) is 0 Å². The fourth-order valence-corrected chi connectivity index (χ4v) is 6.17. The number of benzene rings is 2. The average molecular weight is 517 g/mol. The quantitative estimate of drug-likeness (QED) is 0.421. The van der Waals surface area contributed by atoms with Crippen molar-refractivity contribution >= 4 is 27.5 Å². The number of nitrogens with zero attached hydrogens (tertiary/aromatic N) is 4. The summed E-state index contributed by atoms with van der Waals surface area (Å²) in [4.78, 5) is 15.2. The van der Waals surface area contributed by atoms with Gasteiger partial charge in [0.05, 0.1) is 22.0 Å². The van der Waals surface area contributed by atoms with Crippen molar-refractivity contribution in [2.24, 2.45) is 0 Å². The number of carbonyl (C=O) groups is 1. The number of sulfonamides is 1. The van der Waals surface area contributed by atoms with Crippen LogP contribution < -0.4 is 0 Å². The predicted octanol–water partition coefficient (Wildman–Crippen LogP) is 4.93. The summed E-state index contributed by atoms with van der Waals surface area (Å²) in [5.74, 6) is 0.258. The van der Waals surface area contributed by atoms with E-state index in [9.17, 15) is 13.2 Å². The molecule has 1 saturated heterocycles. The second-order valence-corrected chi connectivity index (χ2v) is 11.0. The number of carbonyl (C=O) groups excluding carboxylic acids is 1. The van der Waals surface area contributed by atoms with E-state index in [1.54, 1.807) is 36.1 Å².